The molecule has 0 bridgehead atoms. The number of hydrogen-bond donors (Lipinski definition) is 1. The average Bonchev–Trinajstić information content (AvgIpc) is 3.33. The lowest BCUT2D eigenvalue weighted by Crippen LogP contribution is -2.33. The number of aromatic amines is 1. The van der Waals surface area contributed by atoms with Gasteiger partial charge < -0.3 is 14.8 Å². The Morgan fingerprint density at radius 1 is 1.15 bits per heavy atom. The minimum Gasteiger partial charge on any atom is -0.356 e. The van der Waals surface area contributed by atoms with Gasteiger partial charge in [-0.2, -0.15) is 0 Å². The van der Waals surface area contributed by atoms with Crippen LogP contribution in [0.15, 0.2) is 24.7 Å². The lowest BCUT2D eigenvalue weighted by Gasteiger charge is -2.28. The van der Waals surface area contributed by atoms with E-state index in [1.165, 1.54) is 0 Å². The first-order valence-corrected chi connectivity index (χ1v) is 9.80. The molecule has 0 unspecified atom stereocenters. The van der Waals surface area contributed by atoms with Crippen LogP contribution >= 0.6 is 23.2 Å². The number of aromatic nitrogens is 5. The van der Waals surface area contributed by atoms with Gasteiger partial charge in [-0.3, -0.25) is 0 Å². The first-order valence-electron chi connectivity index (χ1n) is 9.04. The summed E-state index contributed by atoms with van der Waals surface area (Å²) in [6, 6.07) is 4.32. The molecule has 27 heavy (non-hydrogen) atoms. The Labute approximate surface area is 166 Å². The molecule has 2 aliphatic rings. The van der Waals surface area contributed by atoms with Crippen molar-refractivity contribution in [3.05, 3.63) is 35.1 Å². The second kappa shape index (κ2) is 6.49. The molecule has 9 heteroatoms. The van der Waals surface area contributed by atoms with Crippen LogP contribution in [0.4, 0.5) is 11.6 Å². The molecule has 3 aromatic rings. The van der Waals surface area contributed by atoms with Crippen molar-refractivity contribution in [2.75, 3.05) is 29.9 Å². The predicted octanol–water partition coefficient (Wildman–Crippen LogP) is 3.41. The highest BCUT2D eigenvalue weighted by Crippen LogP contribution is 2.42. The molecule has 1 saturated heterocycles. The van der Waals surface area contributed by atoms with Crippen molar-refractivity contribution in [1.82, 2.24) is 24.9 Å². The van der Waals surface area contributed by atoms with Gasteiger partial charge in [0.05, 0.1) is 5.39 Å². The van der Waals surface area contributed by atoms with Crippen molar-refractivity contribution >= 4 is 45.9 Å². The van der Waals surface area contributed by atoms with E-state index in [0.29, 0.717) is 23.0 Å². The minimum atomic E-state index is 0.200. The molecule has 1 saturated carbocycles. The first kappa shape index (κ1) is 17.0. The van der Waals surface area contributed by atoms with E-state index in [9.17, 15) is 0 Å². The summed E-state index contributed by atoms with van der Waals surface area (Å²) in [5, 5.41) is 1.66. The molecule has 1 aliphatic carbocycles. The van der Waals surface area contributed by atoms with Gasteiger partial charge in [-0.1, -0.05) is 11.6 Å². The van der Waals surface area contributed by atoms with Crippen LogP contribution in [-0.2, 0) is 0 Å². The molecule has 3 atom stereocenters. The molecule has 5 rings (SSSR count). The maximum absolute atomic E-state index is 6.04. The number of anilines is 2. The third-order valence-electron chi connectivity index (χ3n) is 5.92. The lowest BCUT2D eigenvalue weighted by molar-refractivity contribution is 0.494. The molecule has 7 nitrogen and oxygen atoms in total. The summed E-state index contributed by atoms with van der Waals surface area (Å²) < 4.78 is 0. The van der Waals surface area contributed by atoms with E-state index in [4.69, 9.17) is 23.2 Å². The largest absolute Gasteiger partial charge is 0.356 e. The Morgan fingerprint density at radius 3 is 2.67 bits per heavy atom. The van der Waals surface area contributed by atoms with Crippen LogP contribution in [0.1, 0.15) is 12.8 Å². The molecule has 0 radical (unpaired) electrons. The fraction of sp³-hybridized carbons (Fsp3) is 0.444. The van der Waals surface area contributed by atoms with E-state index < -0.39 is 0 Å². The van der Waals surface area contributed by atoms with Gasteiger partial charge in [0.15, 0.2) is 0 Å². The normalized spacial score (nSPS) is 24.6. The Kier molecular flexibility index (Phi) is 4.09. The van der Waals surface area contributed by atoms with Crippen molar-refractivity contribution in [2.45, 2.75) is 18.9 Å². The summed E-state index contributed by atoms with van der Waals surface area (Å²) in [5.41, 5.74) is 0.883. The van der Waals surface area contributed by atoms with Crippen LogP contribution in [0, 0.1) is 11.8 Å². The van der Waals surface area contributed by atoms with E-state index in [-0.39, 0.29) is 5.28 Å². The van der Waals surface area contributed by atoms with Crippen molar-refractivity contribution in [3.8, 4) is 0 Å². The van der Waals surface area contributed by atoms with Gasteiger partial charge in [-0.05, 0) is 42.3 Å². The highest BCUT2D eigenvalue weighted by Gasteiger charge is 2.43. The van der Waals surface area contributed by atoms with E-state index in [2.05, 4.69) is 41.8 Å². The zero-order valence-corrected chi connectivity index (χ0v) is 16.3. The second-order valence-corrected chi connectivity index (χ2v) is 8.14. The monoisotopic (exact) mass is 403 g/mol. The number of nitrogens with one attached hydrogen (secondary N) is 1. The van der Waals surface area contributed by atoms with E-state index >= 15 is 0 Å². The predicted molar refractivity (Wildman–Crippen MR) is 107 cm³/mol. The number of hydrogen-bond acceptors (Lipinski definition) is 6. The van der Waals surface area contributed by atoms with Gasteiger partial charge in [0.2, 0.25) is 5.28 Å². The zero-order chi connectivity index (χ0) is 18.5. The molecule has 2 fully saturated rings. The van der Waals surface area contributed by atoms with Crippen molar-refractivity contribution in [2.24, 2.45) is 11.8 Å². The number of halogens is 2. The molecule has 140 valence electrons. The quantitative estimate of drug-likeness (QED) is 0.533. The highest BCUT2D eigenvalue weighted by atomic mass is 35.5. The second-order valence-electron chi connectivity index (χ2n) is 7.42. The van der Waals surface area contributed by atoms with Gasteiger partial charge in [-0.25, -0.2) is 19.9 Å². The summed E-state index contributed by atoms with van der Waals surface area (Å²) >= 11 is 12.0. The van der Waals surface area contributed by atoms with E-state index in [1.807, 2.05) is 12.3 Å². The summed E-state index contributed by atoms with van der Waals surface area (Å²) in [6.45, 7) is 1.95. The van der Waals surface area contributed by atoms with Crippen LogP contribution in [0.3, 0.4) is 0 Å². The zero-order valence-electron chi connectivity index (χ0n) is 14.8. The number of rotatable bonds is 3. The number of fused-ring (bicyclic) bond motifs is 2. The number of nitrogens with zero attached hydrogens (tertiary/aromatic N) is 6. The molecule has 0 spiro atoms. The molecule has 0 aromatic carbocycles. The van der Waals surface area contributed by atoms with Crippen LogP contribution < -0.4 is 9.80 Å². The van der Waals surface area contributed by atoms with Crippen LogP contribution in [0.5, 0.6) is 0 Å². The van der Waals surface area contributed by atoms with Gasteiger partial charge in [0.25, 0.3) is 0 Å². The Bertz CT molecular complexity index is 957. The molecule has 3 aromatic heterocycles. The molecule has 1 aliphatic heterocycles. The number of H-pyrrole nitrogens is 1. The Hall–Kier alpha value is -2.12. The van der Waals surface area contributed by atoms with Crippen LogP contribution in [0.25, 0.3) is 11.0 Å². The van der Waals surface area contributed by atoms with Gasteiger partial charge in [0.1, 0.15) is 28.8 Å². The summed E-state index contributed by atoms with van der Waals surface area (Å²) in [6.07, 6.45) is 5.82. The van der Waals surface area contributed by atoms with Gasteiger partial charge >= 0.3 is 0 Å². The van der Waals surface area contributed by atoms with Crippen molar-refractivity contribution in [3.63, 3.8) is 0 Å². The summed E-state index contributed by atoms with van der Waals surface area (Å²) in [7, 11) is 2.14. The molecule has 0 amide bonds. The topological polar surface area (TPSA) is 73.8 Å². The van der Waals surface area contributed by atoms with Gasteiger partial charge in [-0.15, -0.1) is 0 Å². The van der Waals surface area contributed by atoms with Gasteiger partial charge in [0, 0.05) is 38.4 Å². The molecule has 1 N–H and O–H groups in total. The lowest BCUT2D eigenvalue weighted by atomic mass is 10.0. The van der Waals surface area contributed by atoms with E-state index in [1.54, 1.807) is 12.4 Å². The third-order valence-corrected chi connectivity index (χ3v) is 6.28. The first-order chi connectivity index (χ1) is 13.1. The summed E-state index contributed by atoms with van der Waals surface area (Å²) in [5.74, 6) is 3.09. The Morgan fingerprint density at radius 2 is 1.93 bits per heavy atom. The smallest absolute Gasteiger partial charge is 0.225 e. The Balaban J connectivity index is 1.31. The fourth-order valence-corrected chi connectivity index (χ4v) is 5.02. The van der Waals surface area contributed by atoms with Crippen molar-refractivity contribution in [1.29, 1.82) is 0 Å². The maximum Gasteiger partial charge on any atom is 0.225 e. The molecular formula is C18H19Cl2N7. The summed E-state index contributed by atoms with van der Waals surface area (Å²) in [4.78, 5) is 24.9. The fourth-order valence-electron chi connectivity index (χ4n) is 4.62. The molecule has 4 heterocycles. The van der Waals surface area contributed by atoms with E-state index in [0.717, 1.165) is 48.6 Å². The van der Waals surface area contributed by atoms with Crippen LogP contribution in [-0.4, -0.2) is 51.1 Å². The van der Waals surface area contributed by atoms with Crippen LogP contribution in [0.2, 0.25) is 10.4 Å². The maximum atomic E-state index is 6.04. The standard InChI is InChI=1S/C18H19Cl2N7/c1-26(17-13-2-3-21-16(13)22-9-23-17)12-4-10-7-27(8-11(10)5-12)15-6-14(19)24-18(20)25-15/h2-3,6,9-12H,4-5,7-8H2,1H3,(H,21,22,23)/t10-,11+,12-. The van der Waals surface area contributed by atoms with Crippen molar-refractivity contribution < 1.29 is 0 Å². The minimum absolute atomic E-state index is 0.200. The highest BCUT2D eigenvalue weighted by molar-refractivity contribution is 6.32. The molecular weight excluding hydrogens is 385 g/mol. The third kappa shape index (κ3) is 2.99. The average molecular weight is 404 g/mol. The SMILES string of the molecule is CN(c1ncnc2[nH]ccc12)[C@@H]1C[C@@H]2CN(c3cc(Cl)nc(Cl)n3)C[C@@H]2C1.